The van der Waals surface area contributed by atoms with Gasteiger partial charge in [-0.15, -0.1) is 0 Å². The first-order valence-corrected chi connectivity index (χ1v) is 10.9. The molecule has 0 unspecified atom stereocenters. The fourth-order valence-electron chi connectivity index (χ4n) is 3.30. The van der Waals surface area contributed by atoms with Gasteiger partial charge in [-0.1, -0.05) is 0 Å². The largest absolute Gasteiger partial charge is 0.306 e. The Bertz CT molecular complexity index is 1210. The van der Waals surface area contributed by atoms with Gasteiger partial charge in [0.05, 0.1) is 4.90 Å². The molecule has 3 aromatic rings. The standard InChI is InChI=1S/C20H21N5O4S/c1-14-8-11-24-13-17(21-18(24)12-14)20(27)23-22-19(26)15-4-6-16(7-5-15)30(28,29)25-9-2-3-10-25/h4-8,11-13H,2-3,9-10H2,1H3,(H,22,26)(H,23,27). The van der Waals surface area contributed by atoms with E-state index < -0.39 is 21.8 Å². The molecular formula is C20H21N5O4S. The van der Waals surface area contributed by atoms with Crippen molar-refractivity contribution in [3.05, 3.63) is 65.6 Å². The van der Waals surface area contributed by atoms with Crippen LogP contribution in [0.25, 0.3) is 5.65 Å². The Morgan fingerprint density at radius 2 is 1.67 bits per heavy atom. The molecule has 0 saturated carbocycles. The van der Waals surface area contributed by atoms with Crippen molar-refractivity contribution in [3.8, 4) is 0 Å². The van der Waals surface area contributed by atoms with Gasteiger partial charge < -0.3 is 4.40 Å². The van der Waals surface area contributed by atoms with Gasteiger partial charge in [-0.2, -0.15) is 4.31 Å². The Morgan fingerprint density at radius 1 is 1.00 bits per heavy atom. The normalized spacial score (nSPS) is 14.7. The molecule has 10 heteroatoms. The molecule has 0 atom stereocenters. The highest BCUT2D eigenvalue weighted by Gasteiger charge is 2.27. The number of fused-ring (bicyclic) bond motifs is 1. The Labute approximate surface area is 173 Å². The van der Waals surface area contributed by atoms with Gasteiger partial charge in [0.15, 0.2) is 0 Å². The molecule has 9 nitrogen and oxygen atoms in total. The third-order valence-electron chi connectivity index (χ3n) is 4.96. The number of sulfonamides is 1. The Morgan fingerprint density at radius 3 is 2.37 bits per heavy atom. The second-order valence-electron chi connectivity index (χ2n) is 7.14. The summed E-state index contributed by atoms with van der Waals surface area (Å²) in [5.74, 6) is -1.12. The van der Waals surface area contributed by atoms with Crippen molar-refractivity contribution in [1.82, 2.24) is 24.5 Å². The molecule has 1 aromatic carbocycles. The summed E-state index contributed by atoms with van der Waals surface area (Å²) in [6.07, 6.45) is 5.07. The van der Waals surface area contributed by atoms with Gasteiger partial charge in [0, 0.05) is 31.0 Å². The summed E-state index contributed by atoms with van der Waals surface area (Å²) in [6, 6.07) is 9.36. The molecule has 3 heterocycles. The van der Waals surface area contributed by atoms with E-state index in [9.17, 15) is 18.0 Å². The van der Waals surface area contributed by atoms with Crippen molar-refractivity contribution in [2.24, 2.45) is 0 Å². The maximum atomic E-state index is 12.5. The molecule has 1 aliphatic rings. The average Bonchev–Trinajstić information content (AvgIpc) is 3.42. The minimum Gasteiger partial charge on any atom is -0.306 e. The number of amides is 2. The fraction of sp³-hybridized carbons (Fsp3) is 0.250. The summed E-state index contributed by atoms with van der Waals surface area (Å²) in [6.45, 7) is 2.95. The van der Waals surface area contributed by atoms with E-state index >= 15 is 0 Å². The highest BCUT2D eigenvalue weighted by molar-refractivity contribution is 7.89. The monoisotopic (exact) mass is 427 g/mol. The second kappa shape index (κ2) is 7.88. The van der Waals surface area contributed by atoms with Crippen molar-refractivity contribution in [2.45, 2.75) is 24.7 Å². The lowest BCUT2D eigenvalue weighted by atomic mass is 10.2. The number of pyridine rings is 1. The molecule has 0 aliphatic carbocycles. The summed E-state index contributed by atoms with van der Waals surface area (Å²) < 4.78 is 28.2. The number of imidazole rings is 1. The highest BCUT2D eigenvalue weighted by Crippen LogP contribution is 2.21. The molecule has 1 fully saturated rings. The number of hydrogen-bond donors (Lipinski definition) is 2. The van der Waals surface area contributed by atoms with Crippen LogP contribution in [-0.2, 0) is 10.0 Å². The topological polar surface area (TPSA) is 113 Å². The van der Waals surface area contributed by atoms with Crippen molar-refractivity contribution in [2.75, 3.05) is 13.1 Å². The third-order valence-corrected chi connectivity index (χ3v) is 6.87. The van der Waals surface area contributed by atoms with Gasteiger partial charge in [-0.05, 0) is 61.7 Å². The molecule has 1 aliphatic heterocycles. The number of rotatable bonds is 4. The number of benzene rings is 1. The first-order chi connectivity index (χ1) is 14.3. The Hall–Kier alpha value is -3.24. The van der Waals surface area contributed by atoms with Gasteiger partial charge >= 0.3 is 0 Å². The zero-order valence-corrected chi connectivity index (χ0v) is 17.1. The van der Waals surface area contributed by atoms with E-state index in [0.29, 0.717) is 18.7 Å². The molecule has 156 valence electrons. The van der Waals surface area contributed by atoms with Gasteiger partial charge in [0.25, 0.3) is 11.8 Å². The lowest BCUT2D eigenvalue weighted by Gasteiger charge is -2.15. The van der Waals surface area contributed by atoms with Crippen molar-refractivity contribution in [3.63, 3.8) is 0 Å². The lowest BCUT2D eigenvalue weighted by molar-refractivity contribution is 0.0844. The number of aromatic nitrogens is 2. The van der Waals surface area contributed by atoms with Gasteiger partial charge in [0.1, 0.15) is 11.3 Å². The number of carbonyl (C=O) groups excluding carboxylic acids is 2. The maximum absolute atomic E-state index is 12.5. The second-order valence-corrected chi connectivity index (χ2v) is 9.08. The van der Waals surface area contributed by atoms with Crippen LogP contribution in [-0.4, -0.2) is 47.0 Å². The summed E-state index contributed by atoms with van der Waals surface area (Å²) in [5.41, 5.74) is 6.67. The zero-order chi connectivity index (χ0) is 21.3. The van der Waals surface area contributed by atoms with E-state index in [1.54, 1.807) is 16.8 Å². The van der Waals surface area contributed by atoms with E-state index in [2.05, 4.69) is 15.8 Å². The van der Waals surface area contributed by atoms with Crippen LogP contribution in [0.5, 0.6) is 0 Å². The minimum absolute atomic E-state index is 0.143. The number of nitrogens with one attached hydrogen (secondary N) is 2. The van der Waals surface area contributed by atoms with Crippen molar-refractivity contribution in [1.29, 1.82) is 0 Å². The highest BCUT2D eigenvalue weighted by atomic mass is 32.2. The number of hydrogen-bond acceptors (Lipinski definition) is 5. The molecule has 2 amide bonds. The van der Waals surface area contributed by atoms with Crippen LogP contribution < -0.4 is 10.9 Å². The summed E-state index contributed by atoms with van der Waals surface area (Å²) in [4.78, 5) is 29.0. The Balaban J connectivity index is 1.40. The third kappa shape index (κ3) is 3.91. The smallest absolute Gasteiger partial charge is 0.289 e. The predicted molar refractivity (Wildman–Crippen MR) is 109 cm³/mol. The minimum atomic E-state index is -3.54. The molecule has 1 saturated heterocycles. The molecule has 4 rings (SSSR count). The molecule has 2 N–H and O–H groups in total. The van der Waals surface area contributed by atoms with E-state index in [-0.39, 0.29) is 16.2 Å². The number of nitrogens with zero attached hydrogens (tertiary/aromatic N) is 3. The Kier molecular flexibility index (Phi) is 5.27. The van der Waals surface area contributed by atoms with E-state index in [4.69, 9.17) is 0 Å². The van der Waals surface area contributed by atoms with E-state index in [0.717, 1.165) is 18.4 Å². The summed E-state index contributed by atoms with van der Waals surface area (Å²) >= 11 is 0. The van der Waals surface area contributed by atoms with Crippen LogP contribution in [0.15, 0.2) is 53.7 Å². The molecule has 30 heavy (non-hydrogen) atoms. The van der Waals surface area contributed by atoms with Crippen molar-refractivity contribution >= 4 is 27.5 Å². The van der Waals surface area contributed by atoms with E-state index in [1.807, 2.05) is 19.1 Å². The van der Waals surface area contributed by atoms with Crippen LogP contribution >= 0.6 is 0 Å². The first-order valence-electron chi connectivity index (χ1n) is 9.51. The number of carbonyl (C=O) groups is 2. The van der Waals surface area contributed by atoms with Crippen LogP contribution in [0.2, 0.25) is 0 Å². The maximum Gasteiger partial charge on any atom is 0.289 e. The van der Waals surface area contributed by atoms with Crippen LogP contribution in [0.1, 0.15) is 39.3 Å². The molecule has 0 radical (unpaired) electrons. The number of aryl methyl sites for hydroxylation is 1. The zero-order valence-electron chi connectivity index (χ0n) is 16.3. The molecule has 2 aromatic heterocycles. The van der Waals surface area contributed by atoms with Crippen LogP contribution in [0, 0.1) is 6.92 Å². The molecule has 0 bridgehead atoms. The van der Waals surface area contributed by atoms with Crippen LogP contribution in [0.4, 0.5) is 0 Å². The SMILES string of the molecule is Cc1ccn2cc(C(=O)NNC(=O)c3ccc(S(=O)(=O)N4CCCC4)cc3)nc2c1. The van der Waals surface area contributed by atoms with Gasteiger partial charge in [0.2, 0.25) is 10.0 Å². The number of hydrazine groups is 1. The fourth-order valence-corrected chi connectivity index (χ4v) is 4.82. The first kappa shape index (κ1) is 20.0. The van der Waals surface area contributed by atoms with Gasteiger partial charge in [-0.3, -0.25) is 20.4 Å². The molecular weight excluding hydrogens is 406 g/mol. The van der Waals surface area contributed by atoms with E-state index in [1.165, 1.54) is 28.6 Å². The summed E-state index contributed by atoms with van der Waals surface area (Å²) in [5, 5.41) is 0. The molecule has 0 spiro atoms. The lowest BCUT2D eigenvalue weighted by Crippen LogP contribution is -2.41. The van der Waals surface area contributed by atoms with Crippen LogP contribution in [0.3, 0.4) is 0 Å². The van der Waals surface area contributed by atoms with Gasteiger partial charge in [-0.25, -0.2) is 13.4 Å². The predicted octanol–water partition coefficient (Wildman–Crippen LogP) is 1.50. The van der Waals surface area contributed by atoms with Crippen molar-refractivity contribution < 1.29 is 18.0 Å². The average molecular weight is 427 g/mol. The quantitative estimate of drug-likeness (QED) is 0.613. The summed E-state index contributed by atoms with van der Waals surface area (Å²) in [7, 11) is -3.54.